The van der Waals surface area contributed by atoms with Gasteiger partial charge in [0.2, 0.25) is 0 Å². The molecule has 1 unspecified atom stereocenters. The van der Waals surface area contributed by atoms with Crippen molar-refractivity contribution in [3.63, 3.8) is 0 Å². The molecule has 2 aliphatic rings. The molecular weight excluding hydrogens is 264 g/mol. The molecule has 0 radical (unpaired) electrons. The molecule has 1 aliphatic heterocycles. The minimum atomic E-state index is 0.488. The molecule has 20 heavy (non-hydrogen) atoms. The summed E-state index contributed by atoms with van der Waals surface area (Å²) in [5, 5.41) is 0. The maximum atomic E-state index is 5.65. The van der Waals surface area contributed by atoms with Gasteiger partial charge >= 0.3 is 0 Å². The van der Waals surface area contributed by atoms with Crippen LogP contribution in [0.15, 0.2) is 24.3 Å². The van der Waals surface area contributed by atoms with Crippen LogP contribution in [0.5, 0.6) is 0 Å². The Morgan fingerprint density at radius 2 is 1.80 bits per heavy atom. The van der Waals surface area contributed by atoms with Gasteiger partial charge in [0.05, 0.1) is 0 Å². The van der Waals surface area contributed by atoms with E-state index in [4.69, 9.17) is 18.0 Å². The van der Waals surface area contributed by atoms with Gasteiger partial charge in [-0.25, -0.2) is 0 Å². The summed E-state index contributed by atoms with van der Waals surface area (Å²) in [5.41, 5.74) is 8.01. The van der Waals surface area contributed by atoms with E-state index in [1.807, 2.05) is 0 Å². The summed E-state index contributed by atoms with van der Waals surface area (Å²) < 4.78 is 0. The maximum Gasteiger partial charge on any atom is 0.103 e. The van der Waals surface area contributed by atoms with E-state index in [0.29, 0.717) is 4.99 Å². The van der Waals surface area contributed by atoms with Gasteiger partial charge in [0.25, 0.3) is 0 Å². The van der Waals surface area contributed by atoms with Crippen molar-refractivity contribution >= 4 is 17.2 Å². The molecule has 0 aromatic heterocycles. The first-order chi connectivity index (χ1) is 9.74. The highest BCUT2D eigenvalue weighted by molar-refractivity contribution is 7.80. The summed E-state index contributed by atoms with van der Waals surface area (Å²) in [6.45, 7) is 2.34. The zero-order valence-corrected chi connectivity index (χ0v) is 12.9. The molecule has 1 aromatic carbocycles. The highest BCUT2D eigenvalue weighted by atomic mass is 32.1. The van der Waals surface area contributed by atoms with Crippen LogP contribution < -0.4 is 5.73 Å². The van der Waals surface area contributed by atoms with Crippen LogP contribution >= 0.6 is 12.2 Å². The minimum Gasteiger partial charge on any atom is -0.389 e. The molecule has 0 amide bonds. The predicted octanol–water partition coefficient (Wildman–Crippen LogP) is 3.48. The first kappa shape index (κ1) is 14.0. The van der Waals surface area contributed by atoms with Crippen LogP contribution in [0.1, 0.15) is 49.7 Å². The number of nitrogens with zero attached hydrogens (tertiary/aromatic N) is 1. The van der Waals surface area contributed by atoms with E-state index in [-0.39, 0.29) is 0 Å². The third-order valence-electron chi connectivity index (χ3n) is 4.98. The first-order valence-electron chi connectivity index (χ1n) is 7.87. The quantitative estimate of drug-likeness (QED) is 0.860. The van der Waals surface area contributed by atoms with E-state index in [9.17, 15) is 0 Å². The van der Waals surface area contributed by atoms with E-state index in [2.05, 4.69) is 29.2 Å². The summed E-state index contributed by atoms with van der Waals surface area (Å²) in [6, 6.07) is 9.29. The number of rotatable bonds is 4. The lowest BCUT2D eigenvalue weighted by Crippen LogP contribution is -2.34. The van der Waals surface area contributed by atoms with E-state index < -0.39 is 0 Å². The van der Waals surface area contributed by atoms with Crippen molar-refractivity contribution in [3.05, 3.63) is 35.4 Å². The van der Waals surface area contributed by atoms with Crippen molar-refractivity contribution in [1.29, 1.82) is 0 Å². The summed E-state index contributed by atoms with van der Waals surface area (Å²) in [7, 11) is 0. The molecule has 3 heteroatoms. The van der Waals surface area contributed by atoms with Gasteiger partial charge in [-0.15, -0.1) is 0 Å². The zero-order valence-electron chi connectivity index (χ0n) is 12.1. The molecular formula is C17H24N2S. The number of nitrogens with two attached hydrogens (primary N) is 1. The third kappa shape index (κ3) is 3.04. The summed E-state index contributed by atoms with van der Waals surface area (Å²) in [4.78, 5) is 3.19. The van der Waals surface area contributed by atoms with Crippen molar-refractivity contribution in [2.75, 3.05) is 6.54 Å². The fraction of sp³-hybridized carbons (Fsp3) is 0.588. The van der Waals surface area contributed by atoms with Gasteiger partial charge in [-0.2, -0.15) is 0 Å². The largest absolute Gasteiger partial charge is 0.389 e. The number of hydrogen-bond acceptors (Lipinski definition) is 2. The van der Waals surface area contributed by atoms with Gasteiger partial charge in [0.1, 0.15) is 4.99 Å². The Morgan fingerprint density at radius 1 is 1.10 bits per heavy atom. The van der Waals surface area contributed by atoms with Crippen LogP contribution in [-0.2, 0) is 6.54 Å². The van der Waals surface area contributed by atoms with Crippen molar-refractivity contribution < 1.29 is 0 Å². The predicted molar refractivity (Wildman–Crippen MR) is 87.7 cm³/mol. The van der Waals surface area contributed by atoms with Crippen molar-refractivity contribution in [2.24, 2.45) is 11.7 Å². The molecule has 1 saturated heterocycles. The lowest BCUT2D eigenvalue weighted by Gasteiger charge is -2.29. The van der Waals surface area contributed by atoms with Gasteiger partial charge < -0.3 is 5.73 Å². The molecule has 2 fully saturated rings. The summed E-state index contributed by atoms with van der Waals surface area (Å²) >= 11 is 5.01. The molecule has 1 aliphatic carbocycles. The highest BCUT2D eigenvalue weighted by Gasteiger charge is 2.32. The lowest BCUT2D eigenvalue weighted by atomic mass is 9.95. The fourth-order valence-electron chi connectivity index (χ4n) is 3.93. The van der Waals surface area contributed by atoms with Crippen LogP contribution in [0.3, 0.4) is 0 Å². The highest BCUT2D eigenvalue weighted by Crippen LogP contribution is 2.36. The monoisotopic (exact) mass is 288 g/mol. The Hall–Kier alpha value is -0.930. The van der Waals surface area contributed by atoms with Crippen molar-refractivity contribution in [1.82, 2.24) is 4.90 Å². The van der Waals surface area contributed by atoms with Crippen LogP contribution in [-0.4, -0.2) is 22.5 Å². The average molecular weight is 288 g/mol. The standard InChI is InChI=1S/C17H24N2S/c18-17(20)15-9-7-13(8-10-15)12-19-11-3-6-16(19)14-4-1-2-5-14/h7-10,14,16H,1-6,11-12H2,(H2,18,20). The second-order valence-electron chi connectivity index (χ2n) is 6.29. The molecule has 3 rings (SSSR count). The number of hydrogen-bond donors (Lipinski definition) is 1. The summed E-state index contributed by atoms with van der Waals surface area (Å²) in [5.74, 6) is 0.952. The Balaban J connectivity index is 1.65. The average Bonchev–Trinajstić information content (AvgIpc) is 3.09. The SMILES string of the molecule is NC(=S)c1ccc(CN2CCCC2C2CCCC2)cc1. The van der Waals surface area contributed by atoms with Crippen LogP contribution in [0.2, 0.25) is 0 Å². The number of benzene rings is 1. The zero-order chi connectivity index (χ0) is 13.9. The Morgan fingerprint density at radius 3 is 2.45 bits per heavy atom. The first-order valence-corrected chi connectivity index (χ1v) is 8.27. The van der Waals surface area contributed by atoms with Crippen molar-refractivity contribution in [2.45, 2.75) is 51.1 Å². The topological polar surface area (TPSA) is 29.3 Å². The van der Waals surface area contributed by atoms with E-state index in [1.54, 1.807) is 0 Å². The normalized spacial score (nSPS) is 24.3. The number of thiocarbonyl (C=S) groups is 1. The molecule has 108 valence electrons. The second kappa shape index (κ2) is 6.23. The number of likely N-dealkylation sites (tertiary alicyclic amines) is 1. The fourth-order valence-corrected chi connectivity index (χ4v) is 4.07. The third-order valence-corrected chi connectivity index (χ3v) is 5.22. The molecule has 1 aromatic rings. The molecule has 1 heterocycles. The molecule has 0 bridgehead atoms. The molecule has 0 spiro atoms. The Bertz CT molecular complexity index is 462. The van der Waals surface area contributed by atoms with Crippen LogP contribution in [0, 0.1) is 5.92 Å². The second-order valence-corrected chi connectivity index (χ2v) is 6.73. The van der Waals surface area contributed by atoms with E-state index >= 15 is 0 Å². The van der Waals surface area contributed by atoms with Crippen LogP contribution in [0.25, 0.3) is 0 Å². The van der Waals surface area contributed by atoms with Gasteiger partial charge in [-0.3, -0.25) is 4.90 Å². The van der Waals surface area contributed by atoms with Gasteiger partial charge in [0.15, 0.2) is 0 Å². The molecule has 1 atom stereocenters. The van der Waals surface area contributed by atoms with Gasteiger partial charge in [0, 0.05) is 18.2 Å². The summed E-state index contributed by atoms with van der Waals surface area (Å²) in [6.07, 6.45) is 8.54. The molecule has 2 nitrogen and oxygen atoms in total. The smallest absolute Gasteiger partial charge is 0.103 e. The minimum absolute atomic E-state index is 0.488. The Labute approximate surface area is 127 Å². The van der Waals surface area contributed by atoms with Gasteiger partial charge in [-0.1, -0.05) is 49.3 Å². The van der Waals surface area contributed by atoms with E-state index in [0.717, 1.165) is 24.1 Å². The molecule has 1 saturated carbocycles. The van der Waals surface area contributed by atoms with Crippen molar-refractivity contribution in [3.8, 4) is 0 Å². The van der Waals surface area contributed by atoms with E-state index in [1.165, 1.54) is 50.6 Å². The Kier molecular flexibility index (Phi) is 4.37. The maximum absolute atomic E-state index is 5.65. The molecule has 2 N–H and O–H groups in total. The van der Waals surface area contributed by atoms with Crippen LogP contribution in [0.4, 0.5) is 0 Å². The lowest BCUT2D eigenvalue weighted by molar-refractivity contribution is 0.183. The van der Waals surface area contributed by atoms with Gasteiger partial charge in [-0.05, 0) is 43.7 Å².